The number of piperidine rings is 1. The lowest BCUT2D eigenvalue weighted by Gasteiger charge is -2.44. The Bertz CT molecular complexity index is 726. The van der Waals surface area contributed by atoms with Gasteiger partial charge in [-0.05, 0) is 31.0 Å². The zero-order valence-electron chi connectivity index (χ0n) is 13.6. The summed E-state index contributed by atoms with van der Waals surface area (Å²) >= 11 is 0. The molecule has 0 aliphatic carbocycles. The number of methoxy groups -OCH3 is 1. The molecule has 0 radical (unpaired) electrons. The van der Waals surface area contributed by atoms with Crippen LogP contribution in [0.15, 0.2) is 47.1 Å². The van der Waals surface area contributed by atoms with Crippen molar-refractivity contribution in [3.8, 4) is 5.75 Å². The molecule has 0 saturated carbocycles. The van der Waals surface area contributed by atoms with Crippen molar-refractivity contribution in [1.82, 2.24) is 4.90 Å². The van der Waals surface area contributed by atoms with Crippen molar-refractivity contribution in [2.75, 3.05) is 7.11 Å². The molecule has 2 aliphatic heterocycles. The van der Waals surface area contributed by atoms with E-state index in [1.54, 1.807) is 19.2 Å². The fourth-order valence-electron chi connectivity index (χ4n) is 4.33. The summed E-state index contributed by atoms with van der Waals surface area (Å²) in [5.41, 5.74) is -0.146. The number of para-hydroxylation sites is 1. The van der Waals surface area contributed by atoms with Gasteiger partial charge in [0.05, 0.1) is 19.0 Å². The molecule has 0 spiro atoms. The molecule has 5 nitrogen and oxygen atoms in total. The number of ether oxygens (including phenoxy) is 1. The molecule has 2 aliphatic rings. The number of furan rings is 1. The molecule has 2 saturated heterocycles. The van der Waals surface area contributed by atoms with E-state index < -0.39 is 5.60 Å². The van der Waals surface area contributed by atoms with Gasteiger partial charge in [-0.2, -0.15) is 0 Å². The van der Waals surface area contributed by atoms with E-state index in [2.05, 4.69) is 0 Å². The Labute approximate surface area is 140 Å². The van der Waals surface area contributed by atoms with Gasteiger partial charge in [-0.15, -0.1) is 0 Å². The molecule has 1 aromatic heterocycles. The van der Waals surface area contributed by atoms with Crippen LogP contribution in [-0.4, -0.2) is 35.1 Å². The first-order valence-electron chi connectivity index (χ1n) is 8.34. The van der Waals surface area contributed by atoms with Gasteiger partial charge in [0, 0.05) is 30.5 Å². The van der Waals surface area contributed by atoms with Gasteiger partial charge in [0.15, 0.2) is 5.76 Å². The Hall–Kier alpha value is -2.27. The number of hydrogen-bond acceptors (Lipinski definition) is 4. The third-order valence-electron chi connectivity index (χ3n) is 5.34. The number of rotatable bonds is 3. The predicted molar refractivity (Wildman–Crippen MR) is 87.8 cm³/mol. The van der Waals surface area contributed by atoms with Gasteiger partial charge in [-0.3, -0.25) is 4.79 Å². The van der Waals surface area contributed by atoms with Crippen LogP contribution in [0.5, 0.6) is 5.75 Å². The van der Waals surface area contributed by atoms with E-state index in [-0.39, 0.29) is 18.0 Å². The van der Waals surface area contributed by atoms with Crippen LogP contribution in [0.2, 0.25) is 0 Å². The Morgan fingerprint density at radius 3 is 2.54 bits per heavy atom. The Morgan fingerprint density at radius 2 is 1.92 bits per heavy atom. The monoisotopic (exact) mass is 327 g/mol. The Morgan fingerprint density at radius 1 is 1.21 bits per heavy atom. The van der Waals surface area contributed by atoms with Crippen molar-refractivity contribution in [3.63, 3.8) is 0 Å². The van der Waals surface area contributed by atoms with Crippen molar-refractivity contribution in [2.45, 2.75) is 43.4 Å². The highest BCUT2D eigenvalue weighted by atomic mass is 16.5. The maximum atomic E-state index is 12.7. The number of fused-ring (bicyclic) bond motifs is 2. The van der Waals surface area contributed by atoms with Crippen LogP contribution in [0, 0.1) is 0 Å². The zero-order chi connectivity index (χ0) is 16.7. The minimum absolute atomic E-state index is 0.0243. The molecule has 2 bridgehead atoms. The summed E-state index contributed by atoms with van der Waals surface area (Å²) in [5.74, 6) is 0.995. The van der Waals surface area contributed by atoms with Gasteiger partial charge >= 0.3 is 0 Å². The highest BCUT2D eigenvalue weighted by Crippen LogP contribution is 2.48. The highest BCUT2D eigenvalue weighted by Gasteiger charge is 2.51. The van der Waals surface area contributed by atoms with Gasteiger partial charge in [0.25, 0.3) is 5.91 Å². The second kappa shape index (κ2) is 5.67. The van der Waals surface area contributed by atoms with Gasteiger partial charge in [-0.1, -0.05) is 18.2 Å². The van der Waals surface area contributed by atoms with Crippen molar-refractivity contribution < 1.29 is 19.1 Å². The van der Waals surface area contributed by atoms with Crippen LogP contribution in [0.1, 0.15) is 41.8 Å². The molecule has 2 aromatic rings. The summed E-state index contributed by atoms with van der Waals surface area (Å²) in [4.78, 5) is 14.6. The normalized spacial score (nSPS) is 28.8. The molecule has 1 aromatic carbocycles. The third-order valence-corrected chi connectivity index (χ3v) is 5.34. The number of nitrogens with zero attached hydrogens (tertiary/aromatic N) is 1. The van der Waals surface area contributed by atoms with Crippen LogP contribution in [0.3, 0.4) is 0 Å². The summed E-state index contributed by atoms with van der Waals surface area (Å²) in [5, 5.41) is 11.3. The standard InChI is InChI=1S/C19H21NO4/c1-23-16-6-3-2-5-15(16)19(22)11-13-8-9-14(12-19)20(13)18(21)17-7-4-10-24-17/h2-7,10,13-14,22H,8-9,11-12H2,1H3. The first-order valence-corrected chi connectivity index (χ1v) is 8.34. The quantitative estimate of drug-likeness (QED) is 0.941. The summed E-state index contributed by atoms with van der Waals surface area (Å²) in [6, 6.07) is 11.1. The molecular formula is C19H21NO4. The second-order valence-electron chi connectivity index (χ2n) is 6.71. The number of hydrogen-bond donors (Lipinski definition) is 1. The minimum Gasteiger partial charge on any atom is -0.496 e. The number of amides is 1. The Kier molecular flexibility index (Phi) is 3.61. The molecule has 126 valence electrons. The molecule has 3 heterocycles. The van der Waals surface area contributed by atoms with Crippen molar-refractivity contribution in [2.24, 2.45) is 0 Å². The maximum Gasteiger partial charge on any atom is 0.290 e. The van der Waals surface area contributed by atoms with Gasteiger partial charge in [0.1, 0.15) is 5.75 Å². The van der Waals surface area contributed by atoms with E-state index in [1.807, 2.05) is 29.2 Å². The van der Waals surface area contributed by atoms with E-state index in [0.29, 0.717) is 24.4 Å². The summed E-state index contributed by atoms with van der Waals surface area (Å²) in [6.45, 7) is 0. The smallest absolute Gasteiger partial charge is 0.290 e. The predicted octanol–water partition coefficient (Wildman–Crippen LogP) is 2.94. The first-order chi connectivity index (χ1) is 11.6. The molecule has 24 heavy (non-hydrogen) atoms. The molecule has 1 amide bonds. The van der Waals surface area contributed by atoms with E-state index in [4.69, 9.17) is 9.15 Å². The zero-order valence-corrected chi connectivity index (χ0v) is 13.6. The van der Waals surface area contributed by atoms with Gasteiger partial charge in [0.2, 0.25) is 0 Å². The fourth-order valence-corrected chi connectivity index (χ4v) is 4.33. The molecule has 2 atom stereocenters. The number of carbonyl (C=O) groups excluding carboxylic acids is 1. The summed E-state index contributed by atoms with van der Waals surface area (Å²) < 4.78 is 10.7. The fraction of sp³-hybridized carbons (Fsp3) is 0.421. The lowest BCUT2D eigenvalue weighted by molar-refractivity contribution is -0.0497. The van der Waals surface area contributed by atoms with E-state index in [1.165, 1.54) is 6.26 Å². The maximum absolute atomic E-state index is 12.7. The minimum atomic E-state index is -0.960. The largest absolute Gasteiger partial charge is 0.496 e. The van der Waals surface area contributed by atoms with Crippen molar-refractivity contribution >= 4 is 5.91 Å². The van der Waals surface area contributed by atoms with Crippen LogP contribution in [0.25, 0.3) is 0 Å². The lowest BCUT2D eigenvalue weighted by atomic mass is 9.80. The molecule has 2 unspecified atom stereocenters. The highest BCUT2D eigenvalue weighted by molar-refractivity contribution is 5.92. The molecular weight excluding hydrogens is 306 g/mol. The molecule has 5 heteroatoms. The third kappa shape index (κ3) is 2.31. The van der Waals surface area contributed by atoms with Crippen molar-refractivity contribution in [3.05, 3.63) is 54.0 Å². The summed E-state index contributed by atoms with van der Waals surface area (Å²) in [7, 11) is 1.62. The molecule has 4 rings (SSSR count). The number of aliphatic hydroxyl groups is 1. The van der Waals surface area contributed by atoms with Crippen LogP contribution < -0.4 is 4.74 Å². The van der Waals surface area contributed by atoms with Crippen LogP contribution in [0.4, 0.5) is 0 Å². The molecule has 1 N–H and O–H groups in total. The van der Waals surface area contributed by atoms with E-state index in [9.17, 15) is 9.90 Å². The van der Waals surface area contributed by atoms with Crippen LogP contribution in [-0.2, 0) is 5.60 Å². The van der Waals surface area contributed by atoms with Crippen LogP contribution >= 0.6 is 0 Å². The number of carbonyl (C=O) groups is 1. The number of benzene rings is 1. The first kappa shape index (κ1) is 15.3. The molecule has 2 fully saturated rings. The van der Waals surface area contributed by atoms with Gasteiger partial charge in [-0.25, -0.2) is 0 Å². The topological polar surface area (TPSA) is 62.9 Å². The van der Waals surface area contributed by atoms with Crippen molar-refractivity contribution in [1.29, 1.82) is 0 Å². The SMILES string of the molecule is COc1ccccc1C1(O)CC2CCC(C1)N2C(=O)c1ccco1. The average Bonchev–Trinajstić information content (AvgIpc) is 3.22. The summed E-state index contributed by atoms with van der Waals surface area (Å²) in [6.07, 6.45) is 4.39. The Balaban J connectivity index is 1.63. The second-order valence-corrected chi connectivity index (χ2v) is 6.71. The average molecular weight is 327 g/mol. The van der Waals surface area contributed by atoms with E-state index >= 15 is 0 Å². The lowest BCUT2D eigenvalue weighted by Crippen LogP contribution is -2.52. The van der Waals surface area contributed by atoms with E-state index in [0.717, 1.165) is 18.4 Å². The van der Waals surface area contributed by atoms with Gasteiger partial charge < -0.3 is 19.2 Å².